The molecule has 2 aliphatic heterocycles. The van der Waals surface area contributed by atoms with Gasteiger partial charge >= 0.3 is 0 Å². The zero-order valence-electron chi connectivity index (χ0n) is 30.5. The molecule has 2 aliphatic rings. The van der Waals surface area contributed by atoms with Crippen molar-refractivity contribution in [3.05, 3.63) is 108 Å². The summed E-state index contributed by atoms with van der Waals surface area (Å²) in [7, 11) is 3.05. The highest BCUT2D eigenvalue weighted by atomic mass is 19.1. The van der Waals surface area contributed by atoms with Crippen LogP contribution in [0.25, 0.3) is 10.8 Å². The minimum atomic E-state index is -1.07. The zero-order valence-corrected chi connectivity index (χ0v) is 30.5. The Hall–Kier alpha value is -5.85. The number of hydrogen-bond donors (Lipinski definition) is 2. The molecule has 4 aromatic rings. The van der Waals surface area contributed by atoms with E-state index >= 15 is 0 Å². The summed E-state index contributed by atoms with van der Waals surface area (Å²) in [4.78, 5) is 76.0. The van der Waals surface area contributed by atoms with E-state index in [0.717, 1.165) is 28.0 Å². The van der Waals surface area contributed by atoms with E-state index in [1.807, 2.05) is 54.6 Å². The molecule has 0 bridgehead atoms. The molecule has 2 N–H and O–H groups in total. The third-order valence-electron chi connectivity index (χ3n) is 10.2. The van der Waals surface area contributed by atoms with E-state index in [9.17, 15) is 28.4 Å². The number of nitrogens with zero attached hydrogens (tertiary/aromatic N) is 4. The molecule has 0 saturated carbocycles. The van der Waals surface area contributed by atoms with Crippen molar-refractivity contribution in [3.63, 3.8) is 0 Å². The highest BCUT2D eigenvalue weighted by molar-refractivity contribution is 5.99. The van der Waals surface area contributed by atoms with Gasteiger partial charge in [-0.15, -0.1) is 0 Å². The molecule has 0 aliphatic carbocycles. The van der Waals surface area contributed by atoms with Crippen molar-refractivity contribution < 1.29 is 33.1 Å². The SMILES string of the molecule is CN1CCC(=O)N2C[C@H](NC(=O)CCc3ccncc3)C[C@H]2COc2ccc(F)cc2C(=O)N(C)[C@H](C(=O)NCc2ccc3ccccc3c2)CCC1=O. The summed E-state index contributed by atoms with van der Waals surface area (Å²) in [5.74, 6) is -2.39. The van der Waals surface area contributed by atoms with E-state index in [-0.39, 0.29) is 87.0 Å². The Morgan fingerprint density at radius 3 is 2.48 bits per heavy atom. The summed E-state index contributed by atoms with van der Waals surface area (Å²) in [6.07, 6.45) is 4.50. The summed E-state index contributed by atoms with van der Waals surface area (Å²) in [5.41, 5.74) is 1.75. The number of aryl methyl sites for hydroxylation is 1. The summed E-state index contributed by atoms with van der Waals surface area (Å²) >= 11 is 0. The van der Waals surface area contributed by atoms with E-state index in [1.165, 1.54) is 29.0 Å². The lowest BCUT2D eigenvalue weighted by atomic mass is 10.0. The second-order valence-corrected chi connectivity index (χ2v) is 13.9. The van der Waals surface area contributed by atoms with Crippen molar-refractivity contribution in [2.24, 2.45) is 0 Å². The molecule has 3 heterocycles. The van der Waals surface area contributed by atoms with Gasteiger partial charge < -0.3 is 30.1 Å². The van der Waals surface area contributed by atoms with Gasteiger partial charge in [0, 0.05) is 71.4 Å². The van der Waals surface area contributed by atoms with E-state index in [4.69, 9.17) is 4.74 Å². The van der Waals surface area contributed by atoms with E-state index < -0.39 is 29.7 Å². The van der Waals surface area contributed by atoms with Gasteiger partial charge in [0.2, 0.25) is 23.6 Å². The van der Waals surface area contributed by atoms with Crippen LogP contribution in [-0.4, -0.2) is 101 Å². The summed E-state index contributed by atoms with van der Waals surface area (Å²) in [6, 6.07) is 19.1. The fraction of sp³-hybridized carbons (Fsp3) is 0.366. The second-order valence-electron chi connectivity index (χ2n) is 13.9. The largest absolute Gasteiger partial charge is 0.491 e. The standard InChI is InChI=1S/C41H45FN6O6/c1-46-20-17-39(51)48-25-32(45-37(49)13-8-27-15-18-43-19-16-27)23-33(48)26-54-36-12-10-31(42)22-34(36)41(53)47(2)35(11-14-38(46)50)40(52)44-24-28-7-9-29-5-3-4-6-30(29)21-28/h3-7,9-10,12,15-16,18-19,21-22,32-33,35H,8,11,13-14,17,20,23-26H2,1-2H3,(H,44,52)(H,45,49)/t32-,33+,35+/m1/s1. The topological polar surface area (TPSA) is 141 Å². The number of rotatable bonds is 7. The van der Waals surface area contributed by atoms with E-state index in [2.05, 4.69) is 15.6 Å². The summed E-state index contributed by atoms with van der Waals surface area (Å²) in [6.45, 7) is 0.547. The number of ether oxygens (including phenoxy) is 1. The third kappa shape index (κ3) is 9.38. The molecule has 6 rings (SSSR count). The van der Waals surface area contributed by atoms with Gasteiger partial charge in [-0.25, -0.2) is 4.39 Å². The van der Waals surface area contributed by atoms with Crippen LogP contribution in [0.2, 0.25) is 0 Å². The number of halogens is 1. The van der Waals surface area contributed by atoms with Crippen molar-refractivity contribution in [3.8, 4) is 5.75 Å². The number of amides is 5. The molecular formula is C41H45FN6O6. The number of aromatic nitrogens is 1. The molecule has 282 valence electrons. The molecule has 13 heteroatoms. The molecule has 12 nitrogen and oxygen atoms in total. The lowest BCUT2D eigenvalue weighted by Gasteiger charge is -2.30. The first-order valence-electron chi connectivity index (χ1n) is 18.2. The maximum absolute atomic E-state index is 14.7. The number of fused-ring (bicyclic) bond motifs is 3. The van der Waals surface area contributed by atoms with Gasteiger partial charge in [0.05, 0.1) is 11.6 Å². The van der Waals surface area contributed by atoms with Gasteiger partial charge in [-0.1, -0.05) is 36.4 Å². The fourth-order valence-electron chi connectivity index (χ4n) is 7.04. The third-order valence-corrected chi connectivity index (χ3v) is 10.2. The number of pyridine rings is 1. The minimum absolute atomic E-state index is 0.00877. The number of likely N-dealkylation sites (N-methyl/N-ethyl adjacent to an activating group) is 1. The average molecular weight is 737 g/mol. The minimum Gasteiger partial charge on any atom is -0.491 e. The first-order valence-corrected chi connectivity index (χ1v) is 18.2. The van der Waals surface area contributed by atoms with Crippen LogP contribution >= 0.6 is 0 Å². The smallest absolute Gasteiger partial charge is 0.258 e. The van der Waals surface area contributed by atoms with Crippen LogP contribution in [0.3, 0.4) is 0 Å². The van der Waals surface area contributed by atoms with Crippen molar-refractivity contribution in [2.75, 3.05) is 33.8 Å². The Labute approximate surface area is 313 Å². The lowest BCUT2D eigenvalue weighted by Crippen LogP contribution is -2.48. The Bertz CT molecular complexity index is 2010. The van der Waals surface area contributed by atoms with Gasteiger partial charge in [-0.3, -0.25) is 29.0 Å². The highest BCUT2D eigenvalue weighted by Crippen LogP contribution is 2.27. The number of hydrogen-bond acceptors (Lipinski definition) is 7. The lowest BCUT2D eigenvalue weighted by molar-refractivity contribution is -0.135. The number of carbonyl (C=O) groups excluding carboxylic acids is 5. The normalized spacial score (nSPS) is 19.9. The van der Waals surface area contributed by atoms with Crippen LogP contribution in [0.15, 0.2) is 85.2 Å². The fourth-order valence-corrected chi connectivity index (χ4v) is 7.04. The van der Waals surface area contributed by atoms with Gasteiger partial charge in [0.15, 0.2) is 0 Å². The van der Waals surface area contributed by atoms with Crippen LogP contribution in [0.1, 0.15) is 53.6 Å². The summed E-state index contributed by atoms with van der Waals surface area (Å²) in [5, 5.41) is 8.04. The van der Waals surface area contributed by atoms with E-state index in [1.54, 1.807) is 24.3 Å². The predicted octanol–water partition coefficient (Wildman–Crippen LogP) is 3.87. The molecule has 3 atom stereocenters. The quantitative estimate of drug-likeness (QED) is 0.294. The van der Waals surface area contributed by atoms with Crippen LogP contribution in [0, 0.1) is 5.82 Å². The number of nitrogens with one attached hydrogen (secondary N) is 2. The van der Waals surface area contributed by atoms with Crippen LogP contribution < -0.4 is 15.4 Å². The van der Waals surface area contributed by atoms with E-state index in [0.29, 0.717) is 12.8 Å². The van der Waals surface area contributed by atoms with Crippen LogP contribution in [0.5, 0.6) is 5.75 Å². The van der Waals surface area contributed by atoms with Crippen LogP contribution in [-0.2, 0) is 32.1 Å². The van der Waals surface area contributed by atoms with Crippen molar-refractivity contribution in [2.45, 2.75) is 63.2 Å². The molecule has 0 spiro atoms. The first kappa shape index (κ1) is 37.9. The number of benzene rings is 3. The Kier molecular flexibility index (Phi) is 12.2. The molecule has 1 fully saturated rings. The van der Waals surface area contributed by atoms with Gasteiger partial charge in [-0.2, -0.15) is 0 Å². The Morgan fingerprint density at radius 2 is 1.69 bits per heavy atom. The second kappa shape index (κ2) is 17.3. The molecule has 1 aromatic heterocycles. The van der Waals surface area contributed by atoms with Crippen molar-refractivity contribution in [1.82, 2.24) is 30.3 Å². The molecule has 5 amide bonds. The first-order chi connectivity index (χ1) is 26.0. The molecule has 0 unspecified atom stereocenters. The maximum Gasteiger partial charge on any atom is 0.258 e. The van der Waals surface area contributed by atoms with Crippen LogP contribution in [0.4, 0.5) is 4.39 Å². The molecule has 54 heavy (non-hydrogen) atoms. The monoisotopic (exact) mass is 736 g/mol. The highest BCUT2D eigenvalue weighted by Gasteiger charge is 2.37. The van der Waals surface area contributed by atoms with Gasteiger partial charge in [0.1, 0.15) is 24.2 Å². The Morgan fingerprint density at radius 1 is 0.907 bits per heavy atom. The zero-order chi connectivity index (χ0) is 38.2. The van der Waals surface area contributed by atoms with Crippen molar-refractivity contribution >= 4 is 40.3 Å². The van der Waals surface area contributed by atoms with Crippen molar-refractivity contribution in [1.29, 1.82) is 0 Å². The molecule has 1 saturated heterocycles. The molecule has 3 aromatic carbocycles. The predicted molar refractivity (Wildman–Crippen MR) is 200 cm³/mol. The molecular weight excluding hydrogens is 691 g/mol. The Balaban J connectivity index is 1.19. The van der Waals surface area contributed by atoms with Gasteiger partial charge in [-0.05, 0) is 77.6 Å². The average Bonchev–Trinajstić information content (AvgIpc) is 3.59. The maximum atomic E-state index is 14.7. The molecule has 0 radical (unpaired) electrons. The summed E-state index contributed by atoms with van der Waals surface area (Å²) < 4.78 is 20.9. The van der Waals surface area contributed by atoms with Gasteiger partial charge in [0.25, 0.3) is 5.91 Å². The number of carbonyl (C=O) groups is 5.